The molecule has 2 N–H and O–H groups in total. The molecule has 3 aromatic rings. The third-order valence-corrected chi connectivity index (χ3v) is 4.80. The van der Waals surface area contributed by atoms with Crippen molar-refractivity contribution in [3.63, 3.8) is 0 Å². The number of benzene rings is 2. The second-order valence-electron chi connectivity index (χ2n) is 5.86. The van der Waals surface area contributed by atoms with Gasteiger partial charge in [-0.25, -0.2) is 13.6 Å². The van der Waals surface area contributed by atoms with E-state index < -0.39 is 23.2 Å². The third kappa shape index (κ3) is 2.94. The van der Waals surface area contributed by atoms with Crippen LogP contribution in [0.3, 0.4) is 0 Å². The molecule has 0 radical (unpaired) electrons. The van der Waals surface area contributed by atoms with Gasteiger partial charge in [-0.3, -0.25) is 0 Å². The van der Waals surface area contributed by atoms with E-state index in [1.807, 2.05) is 6.07 Å². The number of hydrogen-bond donors (Lipinski definition) is 1. The number of halogens is 3. The molecule has 142 valence electrons. The fourth-order valence-corrected chi connectivity index (χ4v) is 3.47. The average Bonchev–Trinajstić information content (AvgIpc) is 2.62. The Morgan fingerprint density at radius 1 is 1.18 bits per heavy atom. The summed E-state index contributed by atoms with van der Waals surface area (Å²) in [7, 11) is 0. The maximum Gasteiger partial charge on any atom is 0.344 e. The van der Waals surface area contributed by atoms with Crippen LogP contribution in [-0.2, 0) is 0 Å². The lowest BCUT2D eigenvalue weighted by Crippen LogP contribution is -2.27. The summed E-state index contributed by atoms with van der Waals surface area (Å²) in [6.07, 6.45) is 0. The second kappa shape index (κ2) is 7.09. The number of nitriles is 1. The van der Waals surface area contributed by atoms with Gasteiger partial charge in [-0.1, -0.05) is 29.4 Å². The molecule has 2 aromatic carbocycles. The van der Waals surface area contributed by atoms with Crippen LogP contribution in [0, 0.1) is 23.0 Å². The Bertz CT molecular complexity index is 1240. The summed E-state index contributed by atoms with van der Waals surface area (Å²) < 4.78 is 39.6. The zero-order valence-electron chi connectivity index (χ0n) is 13.4. The van der Waals surface area contributed by atoms with Gasteiger partial charge < -0.3 is 14.9 Å². The van der Waals surface area contributed by atoms with E-state index in [0.29, 0.717) is 4.47 Å². The molecule has 0 aliphatic carbocycles. The number of hydrogen-bond acceptors (Lipinski definition) is 5. The van der Waals surface area contributed by atoms with Gasteiger partial charge in [-0.05, 0) is 30.3 Å². The number of nitrogens with two attached hydrogens (primary N) is 1. The van der Waals surface area contributed by atoms with Crippen LogP contribution in [-0.4, -0.2) is 0 Å². The molecule has 0 saturated carbocycles. The van der Waals surface area contributed by atoms with Crippen LogP contribution in [0.5, 0.6) is 5.75 Å². The average molecular weight is 447 g/mol. The number of nitrogens with zero attached hydrogens (tertiary/aromatic N) is 1. The molecule has 2 heterocycles. The van der Waals surface area contributed by atoms with Gasteiger partial charge in [0.25, 0.3) is 0 Å². The van der Waals surface area contributed by atoms with Crippen molar-refractivity contribution in [2.75, 3.05) is 0 Å². The lowest BCUT2D eigenvalue weighted by atomic mass is 9.83. The highest BCUT2D eigenvalue weighted by atomic mass is 79.9. The first-order valence-corrected chi connectivity index (χ1v) is 8.48. The summed E-state index contributed by atoms with van der Waals surface area (Å²) in [5.41, 5.74) is 4.93. The van der Waals surface area contributed by atoms with E-state index in [0.717, 1.165) is 12.1 Å². The van der Waals surface area contributed by atoms with Crippen LogP contribution in [0.2, 0.25) is 0 Å². The van der Waals surface area contributed by atoms with Crippen LogP contribution < -0.4 is 16.1 Å². The minimum Gasteiger partial charge on any atom is -0.439 e. The maximum absolute atomic E-state index is 14.6. The molecule has 1 unspecified atom stereocenters. The lowest BCUT2D eigenvalue weighted by Gasteiger charge is -2.26. The first-order valence-electron chi connectivity index (χ1n) is 7.69. The standard InChI is InChI=1S/C19H9BrF2N2O3.CH4/c20-8-1-3-10(13(22)5-8)15-12(7-23)18(24)27-17-11-6-9(21)2-4-14(11)26-19(25)16(15)17;/h1-6,15H,24H2;1H4. The van der Waals surface area contributed by atoms with Crippen molar-refractivity contribution in [1.82, 2.24) is 0 Å². The molecule has 8 heteroatoms. The van der Waals surface area contributed by atoms with Gasteiger partial charge in [-0.15, -0.1) is 0 Å². The van der Waals surface area contributed by atoms with Crippen molar-refractivity contribution in [2.24, 2.45) is 5.73 Å². The fourth-order valence-electron chi connectivity index (χ4n) is 3.14. The van der Waals surface area contributed by atoms with Crippen LogP contribution in [0.15, 0.2) is 61.5 Å². The Labute approximate surface area is 166 Å². The van der Waals surface area contributed by atoms with Crippen LogP contribution in [0.1, 0.15) is 24.5 Å². The summed E-state index contributed by atoms with van der Waals surface area (Å²) in [4.78, 5) is 12.6. The van der Waals surface area contributed by atoms with Crippen molar-refractivity contribution >= 4 is 26.9 Å². The quantitative estimate of drug-likeness (QED) is 0.547. The Morgan fingerprint density at radius 2 is 1.93 bits per heavy atom. The Kier molecular flexibility index (Phi) is 4.96. The van der Waals surface area contributed by atoms with E-state index in [1.54, 1.807) is 6.07 Å². The summed E-state index contributed by atoms with van der Waals surface area (Å²) in [5.74, 6) is -2.71. The van der Waals surface area contributed by atoms with Gasteiger partial charge in [0.05, 0.1) is 16.9 Å². The molecule has 28 heavy (non-hydrogen) atoms. The zero-order chi connectivity index (χ0) is 19.3. The van der Waals surface area contributed by atoms with Crippen molar-refractivity contribution in [2.45, 2.75) is 13.3 Å². The molecule has 4 rings (SSSR count). The molecular formula is C20H13BrF2N2O3. The minimum absolute atomic E-state index is 0. The number of ether oxygens (including phenoxy) is 1. The van der Waals surface area contributed by atoms with Gasteiger partial charge in [0.1, 0.15) is 28.9 Å². The fraction of sp³-hybridized carbons (Fsp3) is 0.100. The minimum atomic E-state index is -1.14. The van der Waals surface area contributed by atoms with Crippen LogP contribution in [0.4, 0.5) is 8.78 Å². The van der Waals surface area contributed by atoms with Crippen molar-refractivity contribution in [3.8, 4) is 11.8 Å². The van der Waals surface area contributed by atoms with Gasteiger partial charge in [0, 0.05) is 10.0 Å². The monoisotopic (exact) mass is 446 g/mol. The smallest absolute Gasteiger partial charge is 0.344 e. The molecule has 0 fully saturated rings. The maximum atomic E-state index is 14.6. The summed E-state index contributed by atoms with van der Waals surface area (Å²) in [6, 6.07) is 9.61. The molecule has 1 aliphatic heterocycles. The van der Waals surface area contributed by atoms with E-state index in [9.17, 15) is 18.8 Å². The Balaban J connectivity index is 0.00000225. The highest BCUT2D eigenvalue weighted by Gasteiger charge is 2.37. The number of allylic oxidation sites excluding steroid dienone is 1. The SMILES string of the molecule is C.N#CC1=C(N)Oc2c(c(=O)oc3ccc(F)cc23)C1c1ccc(Br)cc1F. The van der Waals surface area contributed by atoms with Crippen LogP contribution in [0.25, 0.3) is 11.0 Å². The largest absolute Gasteiger partial charge is 0.439 e. The normalized spacial score (nSPS) is 15.4. The van der Waals surface area contributed by atoms with E-state index in [4.69, 9.17) is 14.9 Å². The molecule has 0 saturated heterocycles. The summed E-state index contributed by atoms with van der Waals surface area (Å²) >= 11 is 3.16. The lowest BCUT2D eigenvalue weighted by molar-refractivity contribution is 0.386. The molecule has 1 aliphatic rings. The molecule has 1 atom stereocenters. The van der Waals surface area contributed by atoms with Crippen molar-refractivity contribution in [1.29, 1.82) is 5.26 Å². The van der Waals surface area contributed by atoms with E-state index in [-0.39, 0.29) is 46.7 Å². The first-order chi connectivity index (χ1) is 12.9. The summed E-state index contributed by atoms with van der Waals surface area (Å²) in [6.45, 7) is 0. The van der Waals surface area contributed by atoms with Gasteiger partial charge >= 0.3 is 5.63 Å². The van der Waals surface area contributed by atoms with E-state index in [1.165, 1.54) is 18.2 Å². The third-order valence-electron chi connectivity index (χ3n) is 4.30. The molecule has 0 bridgehead atoms. The van der Waals surface area contributed by atoms with E-state index in [2.05, 4.69) is 15.9 Å². The summed E-state index contributed by atoms with van der Waals surface area (Å²) in [5, 5.41) is 9.68. The first kappa shape index (κ1) is 19.6. The molecule has 0 spiro atoms. The van der Waals surface area contributed by atoms with Gasteiger partial charge in [0.2, 0.25) is 5.88 Å². The van der Waals surface area contributed by atoms with Gasteiger partial charge in [0.15, 0.2) is 5.75 Å². The highest BCUT2D eigenvalue weighted by molar-refractivity contribution is 9.10. The predicted octanol–water partition coefficient (Wildman–Crippen LogP) is 4.69. The van der Waals surface area contributed by atoms with Gasteiger partial charge in [-0.2, -0.15) is 5.26 Å². The second-order valence-corrected chi connectivity index (χ2v) is 6.78. The van der Waals surface area contributed by atoms with Crippen molar-refractivity contribution < 1.29 is 17.9 Å². The van der Waals surface area contributed by atoms with E-state index >= 15 is 0 Å². The number of rotatable bonds is 1. The Morgan fingerprint density at radius 3 is 2.61 bits per heavy atom. The molecule has 1 aromatic heterocycles. The zero-order valence-corrected chi connectivity index (χ0v) is 15.0. The highest BCUT2D eigenvalue weighted by Crippen LogP contribution is 2.44. The van der Waals surface area contributed by atoms with Crippen LogP contribution >= 0.6 is 15.9 Å². The topological polar surface area (TPSA) is 89.3 Å². The number of fused-ring (bicyclic) bond motifs is 3. The predicted molar refractivity (Wildman–Crippen MR) is 103 cm³/mol. The van der Waals surface area contributed by atoms with Crippen molar-refractivity contribution in [3.05, 3.63) is 85.5 Å². The molecule has 5 nitrogen and oxygen atoms in total. The molecule has 0 amide bonds. The molecular weight excluding hydrogens is 434 g/mol. The Hall–Kier alpha value is -3.18.